The Labute approximate surface area is 114 Å². The fourth-order valence-corrected chi connectivity index (χ4v) is 2.30. The first-order valence-electron chi connectivity index (χ1n) is 6.23. The molecular weight excluding hydrogens is 252 g/mol. The SMILES string of the molecule is Cc1cc(C)c(C(=O)NCCC2CCNC2)o1.Cl. The lowest BCUT2D eigenvalue weighted by Gasteiger charge is -2.08. The quantitative estimate of drug-likeness (QED) is 0.882. The summed E-state index contributed by atoms with van der Waals surface area (Å²) in [6, 6.07) is 1.88. The molecule has 5 heteroatoms. The standard InChI is InChI=1S/C13H20N2O2.ClH/c1-9-7-10(2)17-12(9)13(16)15-6-4-11-3-5-14-8-11;/h7,11,14H,3-6,8H2,1-2H3,(H,15,16);1H. The van der Waals surface area contributed by atoms with Gasteiger partial charge in [0.25, 0.3) is 5.91 Å². The van der Waals surface area contributed by atoms with Gasteiger partial charge >= 0.3 is 0 Å². The second-order valence-electron chi connectivity index (χ2n) is 4.77. The van der Waals surface area contributed by atoms with Gasteiger partial charge in [-0.15, -0.1) is 12.4 Å². The molecule has 1 aliphatic rings. The molecule has 1 aromatic heterocycles. The molecule has 18 heavy (non-hydrogen) atoms. The van der Waals surface area contributed by atoms with Crippen LogP contribution in [0.3, 0.4) is 0 Å². The molecule has 1 aliphatic heterocycles. The number of hydrogen-bond donors (Lipinski definition) is 2. The van der Waals surface area contributed by atoms with E-state index in [1.54, 1.807) is 0 Å². The van der Waals surface area contributed by atoms with Crippen LogP contribution in [0.5, 0.6) is 0 Å². The van der Waals surface area contributed by atoms with Gasteiger partial charge in [0.2, 0.25) is 0 Å². The average Bonchev–Trinajstić information content (AvgIpc) is 2.88. The first-order chi connectivity index (χ1) is 8.16. The summed E-state index contributed by atoms with van der Waals surface area (Å²) >= 11 is 0. The molecule has 2 rings (SSSR count). The Hall–Kier alpha value is -1.00. The number of halogens is 1. The second kappa shape index (κ2) is 6.81. The number of amides is 1. The smallest absolute Gasteiger partial charge is 0.287 e. The Kier molecular flexibility index (Phi) is 5.69. The van der Waals surface area contributed by atoms with Gasteiger partial charge in [0.05, 0.1) is 0 Å². The summed E-state index contributed by atoms with van der Waals surface area (Å²) in [7, 11) is 0. The third-order valence-corrected chi connectivity index (χ3v) is 3.25. The van der Waals surface area contributed by atoms with Gasteiger partial charge in [0.15, 0.2) is 5.76 Å². The summed E-state index contributed by atoms with van der Waals surface area (Å²) in [6.07, 6.45) is 2.26. The van der Waals surface area contributed by atoms with Crippen LogP contribution in [-0.4, -0.2) is 25.5 Å². The summed E-state index contributed by atoms with van der Waals surface area (Å²) in [4.78, 5) is 11.8. The van der Waals surface area contributed by atoms with E-state index >= 15 is 0 Å². The van der Waals surface area contributed by atoms with Crippen molar-refractivity contribution in [3.8, 4) is 0 Å². The molecule has 0 spiro atoms. The second-order valence-corrected chi connectivity index (χ2v) is 4.77. The molecule has 1 amide bonds. The molecule has 1 aromatic rings. The third kappa shape index (κ3) is 3.75. The minimum Gasteiger partial charge on any atom is -0.456 e. The van der Waals surface area contributed by atoms with Crippen LogP contribution in [0.1, 0.15) is 34.7 Å². The average molecular weight is 273 g/mol. The van der Waals surface area contributed by atoms with Gasteiger partial charge in [-0.2, -0.15) is 0 Å². The van der Waals surface area contributed by atoms with Crippen LogP contribution in [0, 0.1) is 19.8 Å². The third-order valence-electron chi connectivity index (χ3n) is 3.25. The molecule has 4 nitrogen and oxygen atoms in total. The molecule has 1 atom stereocenters. The van der Waals surface area contributed by atoms with Crippen LogP contribution in [-0.2, 0) is 0 Å². The zero-order valence-corrected chi connectivity index (χ0v) is 11.7. The molecule has 2 heterocycles. The number of nitrogens with one attached hydrogen (secondary N) is 2. The molecule has 0 saturated carbocycles. The zero-order chi connectivity index (χ0) is 12.3. The molecule has 1 unspecified atom stereocenters. The number of hydrogen-bond acceptors (Lipinski definition) is 3. The van der Waals surface area contributed by atoms with Crippen LogP contribution < -0.4 is 10.6 Å². The molecule has 1 fully saturated rings. The van der Waals surface area contributed by atoms with Gasteiger partial charge in [-0.25, -0.2) is 0 Å². The maximum atomic E-state index is 11.8. The van der Waals surface area contributed by atoms with Crippen molar-refractivity contribution in [3.63, 3.8) is 0 Å². The van der Waals surface area contributed by atoms with Crippen LogP contribution in [0.2, 0.25) is 0 Å². The maximum Gasteiger partial charge on any atom is 0.287 e. The topological polar surface area (TPSA) is 54.3 Å². The number of aryl methyl sites for hydroxylation is 2. The molecule has 1 saturated heterocycles. The molecule has 0 aromatic carbocycles. The van der Waals surface area contributed by atoms with Gasteiger partial charge in [0.1, 0.15) is 5.76 Å². The van der Waals surface area contributed by atoms with E-state index in [9.17, 15) is 4.79 Å². The summed E-state index contributed by atoms with van der Waals surface area (Å²) in [5.74, 6) is 1.84. The van der Waals surface area contributed by atoms with Gasteiger partial charge in [-0.1, -0.05) is 0 Å². The van der Waals surface area contributed by atoms with Gasteiger partial charge < -0.3 is 15.1 Å². The zero-order valence-electron chi connectivity index (χ0n) is 10.9. The summed E-state index contributed by atoms with van der Waals surface area (Å²) in [6.45, 7) is 6.66. The van der Waals surface area contributed by atoms with Crippen molar-refractivity contribution in [1.29, 1.82) is 0 Å². The van der Waals surface area contributed by atoms with Crippen molar-refractivity contribution < 1.29 is 9.21 Å². The van der Waals surface area contributed by atoms with Crippen molar-refractivity contribution >= 4 is 18.3 Å². The normalized spacial score (nSPS) is 18.4. The fraction of sp³-hybridized carbons (Fsp3) is 0.615. The Morgan fingerprint density at radius 1 is 1.56 bits per heavy atom. The first-order valence-corrected chi connectivity index (χ1v) is 6.23. The van der Waals surface area contributed by atoms with E-state index in [2.05, 4.69) is 10.6 Å². The summed E-state index contributed by atoms with van der Waals surface area (Å²) in [5.41, 5.74) is 0.905. The lowest BCUT2D eigenvalue weighted by atomic mass is 10.1. The Balaban J connectivity index is 0.00000162. The summed E-state index contributed by atoms with van der Waals surface area (Å²) in [5, 5.41) is 6.24. The number of carbonyl (C=O) groups is 1. The predicted molar refractivity (Wildman–Crippen MR) is 73.4 cm³/mol. The molecule has 2 N–H and O–H groups in total. The van der Waals surface area contributed by atoms with E-state index in [1.807, 2.05) is 19.9 Å². The highest BCUT2D eigenvalue weighted by Crippen LogP contribution is 2.14. The van der Waals surface area contributed by atoms with Crippen LogP contribution in [0.25, 0.3) is 0 Å². The van der Waals surface area contributed by atoms with Gasteiger partial charge in [0, 0.05) is 12.1 Å². The van der Waals surface area contributed by atoms with Crippen LogP contribution in [0.15, 0.2) is 10.5 Å². The van der Waals surface area contributed by atoms with E-state index in [-0.39, 0.29) is 18.3 Å². The lowest BCUT2D eigenvalue weighted by molar-refractivity contribution is 0.0922. The molecule has 0 bridgehead atoms. The van der Waals surface area contributed by atoms with E-state index in [0.29, 0.717) is 11.7 Å². The molecule has 102 valence electrons. The minimum absolute atomic E-state index is 0. The monoisotopic (exact) mass is 272 g/mol. The van der Waals surface area contributed by atoms with Crippen LogP contribution >= 0.6 is 12.4 Å². The van der Waals surface area contributed by atoms with Crippen molar-refractivity contribution in [3.05, 3.63) is 23.2 Å². The van der Waals surface area contributed by atoms with Crippen molar-refractivity contribution in [2.45, 2.75) is 26.7 Å². The van der Waals surface area contributed by atoms with Crippen molar-refractivity contribution in [2.75, 3.05) is 19.6 Å². The number of carbonyl (C=O) groups excluding carboxylic acids is 1. The summed E-state index contributed by atoms with van der Waals surface area (Å²) < 4.78 is 5.37. The highest BCUT2D eigenvalue weighted by atomic mass is 35.5. The van der Waals surface area contributed by atoms with E-state index in [1.165, 1.54) is 6.42 Å². The van der Waals surface area contributed by atoms with Crippen molar-refractivity contribution in [1.82, 2.24) is 10.6 Å². The molecule has 0 radical (unpaired) electrons. The minimum atomic E-state index is -0.0958. The lowest BCUT2D eigenvalue weighted by Crippen LogP contribution is -2.26. The van der Waals surface area contributed by atoms with Crippen molar-refractivity contribution in [2.24, 2.45) is 5.92 Å². The van der Waals surface area contributed by atoms with E-state index in [0.717, 1.165) is 37.4 Å². The van der Waals surface area contributed by atoms with Crippen LogP contribution in [0.4, 0.5) is 0 Å². The first kappa shape index (κ1) is 15.1. The largest absolute Gasteiger partial charge is 0.456 e. The van der Waals surface area contributed by atoms with E-state index in [4.69, 9.17) is 4.42 Å². The van der Waals surface area contributed by atoms with Gasteiger partial charge in [-0.05, 0) is 51.8 Å². The number of rotatable bonds is 4. The molecular formula is C13H21ClN2O2. The highest BCUT2D eigenvalue weighted by Gasteiger charge is 2.16. The maximum absolute atomic E-state index is 11.8. The molecule has 0 aliphatic carbocycles. The fourth-order valence-electron chi connectivity index (χ4n) is 2.30. The predicted octanol–water partition coefficient (Wildman–Crippen LogP) is 2.05. The highest BCUT2D eigenvalue weighted by molar-refractivity contribution is 5.92. The van der Waals surface area contributed by atoms with E-state index < -0.39 is 0 Å². The Bertz CT molecular complexity index is 398. The Morgan fingerprint density at radius 2 is 2.33 bits per heavy atom. The number of furan rings is 1. The Morgan fingerprint density at radius 3 is 2.89 bits per heavy atom. The van der Waals surface area contributed by atoms with Gasteiger partial charge in [-0.3, -0.25) is 4.79 Å².